The fourth-order valence-corrected chi connectivity index (χ4v) is 4.39. The van der Waals surface area contributed by atoms with E-state index in [0.717, 1.165) is 50.1 Å². The van der Waals surface area contributed by atoms with E-state index >= 15 is 0 Å². The lowest BCUT2D eigenvalue weighted by molar-refractivity contribution is 0.415. The van der Waals surface area contributed by atoms with Crippen LogP contribution in [-0.4, -0.2) is 34.2 Å². The van der Waals surface area contributed by atoms with Gasteiger partial charge in [-0.3, -0.25) is 0 Å². The molecule has 0 aliphatic carbocycles. The van der Waals surface area contributed by atoms with Crippen LogP contribution in [0.5, 0.6) is 11.5 Å². The number of hydrogen-bond donors (Lipinski definition) is 1. The van der Waals surface area contributed by atoms with Gasteiger partial charge in [0, 0.05) is 11.1 Å². The molecule has 164 valence electrons. The molecule has 0 saturated heterocycles. The number of ether oxygens (including phenoxy) is 2. The Labute approximate surface area is 195 Å². The highest BCUT2D eigenvalue weighted by molar-refractivity contribution is 7.19. The van der Waals surface area contributed by atoms with Gasteiger partial charge in [0.25, 0.3) is 0 Å². The smallest absolute Gasteiger partial charge is 0.181 e. The van der Waals surface area contributed by atoms with Crippen LogP contribution >= 0.6 is 11.3 Å². The van der Waals surface area contributed by atoms with E-state index in [1.807, 2.05) is 79.0 Å². The highest BCUT2D eigenvalue weighted by Gasteiger charge is 2.14. The molecule has 2 aromatic heterocycles. The number of methoxy groups -OCH3 is 2. The van der Waals surface area contributed by atoms with Crippen molar-refractivity contribution in [2.45, 2.75) is 0 Å². The Morgan fingerprint density at radius 2 is 1.33 bits per heavy atom. The molecular weight excluding hydrogens is 434 g/mol. The Kier molecular flexibility index (Phi) is 5.50. The normalized spacial score (nSPS) is 10.8. The highest BCUT2D eigenvalue weighted by atomic mass is 32.1. The van der Waals surface area contributed by atoms with Crippen molar-refractivity contribution in [3.05, 3.63) is 79.0 Å². The van der Waals surface area contributed by atoms with Crippen molar-refractivity contribution in [1.29, 1.82) is 0 Å². The van der Waals surface area contributed by atoms with Gasteiger partial charge in [0.1, 0.15) is 17.2 Å². The first-order valence-electron chi connectivity index (χ1n) is 10.2. The van der Waals surface area contributed by atoms with Gasteiger partial charge >= 0.3 is 0 Å². The van der Waals surface area contributed by atoms with Gasteiger partial charge in [0.2, 0.25) is 0 Å². The molecule has 5 rings (SSSR count). The third-order valence-electron chi connectivity index (χ3n) is 5.28. The minimum absolute atomic E-state index is 0.528. The summed E-state index contributed by atoms with van der Waals surface area (Å²) in [5.74, 6) is 1.61. The Balaban J connectivity index is 1.42. The predicted octanol–water partition coefficient (Wildman–Crippen LogP) is 5.32. The molecule has 5 aromatic rings. The number of benzene rings is 3. The third-order valence-corrected chi connectivity index (χ3v) is 6.21. The van der Waals surface area contributed by atoms with Gasteiger partial charge in [0.05, 0.1) is 36.7 Å². The lowest BCUT2D eigenvalue weighted by atomic mass is 10.1. The van der Waals surface area contributed by atoms with Crippen LogP contribution < -0.4 is 15.2 Å². The largest absolute Gasteiger partial charge is 0.497 e. The number of hydrogen-bond acceptors (Lipinski definition) is 7. The molecule has 0 aliphatic rings. The summed E-state index contributed by atoms with van der Waals surface area (Å²) < 4.78 is 12.2. The SMILES string of the molecule is COc1ccc(-c2cn(-c3ccc(-c4sc(N)nc4-c4ccc(OC)cc4)cc3)nn2)cc1. The summed E-state index contributed by atoms with van der Waals surface area (Å²) >= 11 is 1.47. The van der Waals surface area contributed by atoms with Crippen molar-refractivity contribution in [3.63, 3.8) is 0 Å². The summed E-state index contributed by atoms with van der Waals surface area (Å²) in [7, 11) is 3.30. The molecule has 0 spiro atoms. The van der Waals surface area contributed by atoms with E-state index < -0.39 is 0 Å². The van der Waals surface area contributed by atoms with Gasteiger partial charge in [-0.15, -0.1) is 5.10 Å². The second-order valence-corrected chi connectivity index (χ2v) is 8.31. The average Bonchev–Trinajstić information content (AvgIpc) is 3.52. The Morgan fingerprint density at radius 1 is 0.758 bits per heavy atom. The van der Waals surface area contributed by atoms with E-state index in [0.29, 0.717) is 5.13 Å². The third kappa shape index (κ3) is 4.16. The number of rotatable bonds is 6. The molecule has 0 unspecified atom stereocenters. The molecule has 2 heterocycles. The van der Waals surface area contributed by atoms with Crippen molar-refractivity contribution in [3.8, 4) is 50.1 Å². The molecule has 0 aliphatic heterocycles. The predicted molar refractivity (Wildman–Crippen MR) is 131 cm³/mol. The van der Waals surface area contributed by atoms with Gasteiger partial charge in [-0.1, -0.05) is 28.7 Å². The maximum absolute atomic E-state index is 6.06. The van der Waals surface area contributed by atoms with E-state index in [9.17, 15) is 0 Å². The fraction of sp³-hybridized carbons (Fsp3) is 0.0800. The summed E-state index contributed by atoms with van der Waals surface area (Å²) in [6.45, 7) is 0. The van der Waals surface area contributed by atoms with Crippen LogP contribution in [0.1, 0.15) is 0 Å². The summed E-state index contributed by atoms with van der Waals surface area (Å²) in [4.78, 5) is 5.58. The van der Waals surface area contributed by atoms with Crippen molar-refractivity contribution in [1.82, 2.24) is 20.0 Å². The van der Waals surface area contributed by atoms with Crippen LogP contribution in [0.4, 0.5) is 5.13 Å². The van der Waals surface area contributed by atoms with Crippen molar-refractivity contribution < 1.29 is 9.47 Å². The highest BCUT2D eigenvalue weighted by Crippen LogP contribution is 2.38. The summed E-state index contributed by atoms with van der Waals surface area (Å²) in [6.07, 6.45) is 1.91. The zero-order valence-corrected chi connectivity index (χ0v) is 18.9. The summed E-state index contributed by atoms with van der Waals surface area (Å²) in [5.41, 5.74) is 11.6. The quantitative estimate of drug-likeness (QED) is 0.373. The summed E-state index contributed by atoms with van der Waals surface area (Å²) in [6, 6.07) is 23.7. The molecule has 33 heavy (non-hydrogen) atoms. The maximum Gasteiger partial charge on any atom is 0.181 e. The van der Waals surface area contributed by atoms with E-state index in [1.54, 1.807) is 18.9 Å². The number of anilines is 1. The van der Waals surface area contributed by atoms with Gasteiger partial charge in [-0.25, -0.2) is 9.67 Å². The van der Waals surface area contributed by atoms with Crippen molar-refractivity contribution in [2.24, 2.45) is 0 Å². The van der Waals surface area contributed by atoms with Gasteiger partial charge in [-0.05, 0) is 66.2 Å². The standard InChI is InChI=1S/C25H21N5O2S/c1-31-20-11-5-16(6-12-20)22-15-30(29-28-22)19-9-3-18(4-10-19)24-23(27-25(26)33-24)17-7-13-21(32-2)14-8-17/h3-15H,1-2H3,(H2,26,27). The zero-order chi connectivity index (χ0) is 22.8. The second kappa shape index (κ2) is 8.76. The molecule has 7 nitrogen and oxygen atoms in total. The fourth-order valence-electron chi connectivity index (χ4n) is 3.53. The number of thiazole rings is 1. The maximum atomic E-state index is 6.06. The molecule has 0 fully saturated rings. The van der Waals surface area contributed by atoms with Crippen molar-refractivity contribution in [2.75, 3.05) is 20.0 Å². The van der Waals surface area contributed by atoms with Gasteiger partial charge in [-0.2, -0.15) is 0 Å². The Hall–Kier alpha value is -4.17. The molecule has 2 N–H and O–H groups in total. The van der Waals surface area contributed by atoms with Gasteiger partial charge in [0.15, 0.2) is 5.13 Å². The Morgan fingerprint density at radius 3 is 1.94 bits per heavy atom. The minimum atomic E-state index is 0.528. The lowest BCUT2D eigenvalue weighted by Gasteiger charge is -2.06. The van der Waals surface area contributed by atoms with E-state index in [4.69, 9.17) is 15.2 Å². The van der Waals surface area contributed by atoms with E-state index in [1.165, 1.54) is 11.3 Å². The molecular formula is C25H21N5O2S. The number of nitrogens with two attached hydrogens (primary N) is 1. The monoisotopic (exact) mass is 455 g/mol. The molecule has 0 amide bonds. The van der Waals surface area contributed by atoms with Crippen LogP contribution in [0.3, 0.4) is 0 Å². The average molecular weight is 456 g/mol. The minimum Gasteiger partial charge on any atom is -0.497 e. The van der Waals surface area contributed by atoms with Crippen LogP contribution in [0.2, 0.25) is 0 Å². The number of aromatic nitrogens is 4. The number of nitrogen functional groups attached to an aromatic ring is 1. The van der Waals surface area contributed by atoms with Crippen LogP contribution in [-0.2, 0) is 0 Å². The topological polar surface area (TPSA) is 88.1 Å². The first-order valence-corrected chi connectivity index (χ1v) is 11.0. The molecule has 0 bridgehead atoms. The lowest BCUT2D eigenvalue weighted by Crippen LogP contribution is -1.94. The second-order valence-electron chi connectivity index (χ2n) is 7.28. The van der Waals surface area contributed by atoms with Crippen LogP contribution in [0.15, 0.2) is 79.0 Å². The molecule has 0 saturated carbocycles. The van der Waals surface area contributed by atoms with E-state index in [-0.39, 0.29) is 0 Å². The molecule has 0 radical (unpaired) electrons. The van der Waals surface area contributed by atoms with Crippen LogP contribution in [0, 0.1) is 0 Å². The molecule has 8 heteroatoms. The van der Waals surface area contributed by atoms with Crippen molar-refractivity contribution >= 4 is 16.5 Å². The Bertz CT molecular complexity index is 1370. The summed E-state index contributed by atoms with van der Waals surface area (Å²) in [5, 5.41) is 9.12. The number of nitrogens with zero attached hydrogens (tertiary/aromatic N) is 4. The molecule has 0 atom stereocenters. The zero-order valence-electron chi connectivity index (χ0n) is 18.1. The first kappa shape index (κ1) is 20.7. The molecule has 3 aromatic carbocycles. The first-order chi connectivity index (χ1) is 16.1. The van der Waals surface area contributed by atoms with Crippen LogP contribution in [0.25, 0.3) is 38.6 Å². The van der Waals surface area contributed by atoms with E-state index in [2.05, 4.69) is 15.3 Å². The van der Waals surface area contributed by atoms with Gasteiger partial charge < -0.3 is 15.2 Å².